The summed E-state index contributed by atoms with van der Waals surface area (Å²) in [5.74, 6) is 0.267. The Morgan fingerprint density at radius 2 is 0.543 bits per heavy atom. The lowest BCUT2D eigenvalue weighted by Crippen LogP contribution is -2.30. The number of carbonyl (C=O) groups is 4. The molecule has 0 bridgehead atoms. The molecule has 3 N–H and O–H groups in total. The molecule has 0 aromatic heterocycles. The number of hydrogen-bond donors (Lipinski definition) is 3. The van der Waals surface area contributed by atoms with Crippen LogP contribution in [0.2, 0.25) is 0 Å². The highest BCUT2D eigenvalue weighted by atomic mass is 31.2. The minimum absolute atomic E-state index is 0.105. The number of carbonyl (C=O) groups excluding carboxylic acids is 4. The van der Waals surface area contributed by atoms with E-state index >= 15 is 0 Å². The van der Waals surface area contributed by atoms with E-state index in [9.17, 15) is 43.2 Å². The van der Waals surface area contributed by atoms with Gasteiger partial charge in [-0.2, -0.15) is 0 Å². The lowest BCUT2D eigenvalue weighted by atomic mass is 9.99. The average molecular weight is 1380 g/mol. The van der Waals surface area contributed by atoms with Gasteiger partial charge in [0.05, 0.1) is 26.4 Å². The summed E-state index contributed by atoms with van der Waals surface area (Å²) in [5, 5.41) is 10.6. The van der Waals surface area contributed by atoms with Gasteiger partial charge < -0.3 is 33.8 Å². The molecule has 0 rings (SSSR count). The van der Waals surface area contributed by atoms with E-state index in [4.69, 9.17) is 37.0 Å². The maximum Gasteiger partial charge on any atom is 0.472 e. The number of ether oxygens (including phenoxy) is 4. The van der Waals surface area contributed by atoms with E-state index in [1.54, 1.807) is 0 Å². The number of phosphoric acid groups is 2. The molecule has 94 heavy (non-hydrogen) atoms. The predicted octanol–water partition coefficient (Wildman–Crippen LogP) is 21.8. The molecule has 0 aromatic carbocycles. The lowest BCUT2D eigenvalue weighted by Gasteiger charge is -2.21. The molecule has 4 unspecified atom stereocenters. The molecule has 0 fully saturated rings. The van der Waals surface area contributed by atoms with Crippen molar-refractivity contribution < 1.29 is 80.2 Å². The number of aliphatic hydroxyl groups excluding tert-OH is 1. The topological polar surface area (TPSA) is 237 Å². The third-order valence-corrected chi connectivity index (χ3v) is 20.0. The fraction of sp³-hybridized carbons (Fsp3) is 0.947. The zero-order chi connectivity index (χ0) is 69.4. The summed E-state index contributed by atoms with van der Waals surface area (Å²) in [4.78, 5) is 72.7. The largest absolute Gasteiger partial charge is 0.472 e. The summed E-state index contributed by atoms with van der Waals surface area (Å²) in [6.45, 7) is 11.9. The van der Waals surface area contributed by atoms with Crippen LogP contribution in [0.4, 0.5) is 0 Å². The molecule has 7 atom stereocenters. The number of phosphoric ester groups is 2. The van der Waals surface area contributed by atoms with Gasteiger partial charge >= 0.3 is 39.5 Å². The fourth-order valence-corrected chi connectivity index (χ4v) is 12.9. The Hall–Kier alpha value is -1.94. The third kappa shape index (κ3) is 66.0. The van der Waals surface area contributed by atoms with Crippen molar-refractivity contribution in [3.63, 3.8) is 0 Å². The minimum Gasteiger partial charge on any atom is -0.462 e. The van der Waals surface area contributed by atoms with E-state index in [0.717, 1.165) is 108 Å². The first-order valence-electron chi connectivity index (χ1n) is 38.9. The van der Waals surface area contributed by atoms with Gasteiger partial charge in [-0.15, -0.1) is 0 Å². The molecule has 0 saturated carbocycles. The first kappa shape index (κ1) is 92.1. The van der Waals surface area contributed by atoms with E-state index in [1.807, 2.05) is 0 Å². The lowest BCUT2D eigenvalue weighted by molar-refractivity contribution is -0.161. The number of rotatable bonds is 73. The van der Waals surface area contributed by atoms with Crippen LogP contribution in [0.1, 0.15) is 382 Å². The van der Waals surface area contributed by atoms with Crippen molar-refractivity contribution in [2.24, 2.45) is 17.8 Å². The molecule has 0 aliphatic carbocycles. The van der Waals surface area contributed by atoms with Crippen LogP contribution in [0.25, 0.3) is 0 Å². The number of unbranched alkanes of at least 4 members (excludes halogenated alkanes) is 39. The van der Waals surface area contributed by atoms with E-state index in [0.29, 0.717) is 25.7 Å². The molecular weight excluding hydrogens is 1230 g/mol. The number of aliphatic hydroxyl groups is 1. The second kappa shape index (κ2) is 65.7. The standard InChI is InChI=1S/C75H146O17P2/c1-8-11-12-13-14-25-35-42-49-56-72(77)85-62-71(92-75(80)59-52-45-38-31-30-34-41-48-55-68(7)10-3)65-90-94(83,84)88-61-69(76)60-87-93(81,82)89-64-70(63-86-73(78)57-50-43-36-28-24-23-27-33-40-47-54-67(6)9-2)91-74(79)58-51-44-37-29-22-20-18-16-15-17-19-21-26-32-39-46-53-66(4)5/h66-71,76H,8-65H2,1-7H3,(H,81,82)(H,83,84)/t67?,68?,69-,70-,71-/m1/s1. The molecule has 0 spiro atoms. The molecule has 558 valence electrons. The average Bonchev–Trinajstić information content (AvgIpc) is 2.76. The highest BCUT2D eigenvalue weighted by Gasteiger charge is 2.30. The van der Waals surface area contributed by atoms with Crippen LogP contribution in [-0.2, 0) is 65.4 Å². The second-order valence-electron chi connectivity index (χ2n) is 28.0. The maximum absolute atomic E-state index is 13.1. The van der Waals surface area contributed by atoms with E-state index in [1.165, 1.54) is 193 Å². The van der Waals surface area contributed by atoms with Crippen LogP contribution < -0.4 is 0 Å². The summed E-state index contributed by atoms with van der Waals surface area (Å²) >= 11 is 0. The predicted molar refractivity (Wildman–Crippen MR) is 381 cm³/mol. The van der Waals surface area contributed by atoms with Gasteiger partial charge in [-0.05, 0) is 43.4 Å². The first-order chi connectivity index (χ1) is 45.3. The van der Waals surface area contributed by atoms with Gasteiger partial charge in [-0.25, -0.2) is 9.13 Å². The summed E-state index contributed by atoms with van der Waals surface area (Å²) in [5.41, 5.74) is 0. The normalized spacial score (nSPS) is 14.7. The van der Waals surface area contributed by atoms with Gasteiger partial charge in [0.2, 0.25) is 0 Å². The van der Waals surface area contributed by atoms with E-state index in [2.05, 4.69) is 48.5 Å². The zero-order valence-corrected chi connectivity index (χ0v) is 63.2. The monoisotopic (exact) mass is 1380 g/mol. The SMILES string of the molecule is CCCCCCCCCCCC(=O)OC[C@H](COP(=O)(O)OC[C@H](O)COP(=O)(O)OC[C@@H](COC(=O)CCCCCCCCCCCCC(C)CC)OC(=O)CCCCCCCCCCCCCCCCCCC(C)C)OC(=O)CCCCCCCCCCC(C)CC. The quantitative estimate of drug-likeness (QED) is 0.0222. The zero-order valence-electron chi connectivity index (χ0n) is 61.4. The molecule has 0 radical (unpaired) electrons. The third-order valence-electron chi connectivity index (χ3n) is 18.1. The Bertz CT molecular complexity index is 1840. The van der Waals surface area contributed by atoms with Crippen LogP contribution in [-0.4, -0.2) is 96.7 Å². The van der Waals surface area contributed by atoms with Crippen LogP contribution in [0.15, 0.2) is 0 Å². The van der Waals surface area contributed by atoms with Gasteiger partial charge in [0.1, 0.15) is 19.3 Å². The Kier molecular flexibility index (Phi) is 64.3. The van der Waals surface area contributed by atoms with Crippen molar-refractivity contribution in [3.05, 3.63) is 0 Å². The van der Waals surface area contributed by atoms with Crippen molar-refractivity contribution in [3.8, 4) is 0 Å². The van der Waals surface area contributed by atoms with Gasteiger partial charge in [-0.3, -0.25) is 37.3 Å². The highest BCUT2D eigenvalue weighted by molar-refractivity contribution is 7.47. The van der Waals surface area contributed by atoms with Crippen molar-refractivity contribution in [2.45, 2.75) is 401 Å². The first-order valence-corrected chi connectivity index (χ1v) is 41.9. The van der Waals surface area contributed by atoms with Crippen molar-refractivity contribution >= 4 is 39.5 Å². The molecular formula is C75H146O17P2. The van der Waals surface area contributed by atoms with Crippen LogP contribution >= 0.6 is 15.6 Å². The van der Waals surface area contributed by atoms with Crippen LogP contribution in [0, 0.1) is 17.8 Å². The van der Waals surface area contributed by atoms with Crippen LogP contribution in [0.5, 0.6) is 0 Å². The van der Waals surface area contributed by atoms with E-state index < -0.39 is 97.5 Å². The summed E-state index contributed by atoms with van der Waals surface area (Å²) < 4.78 is 68.5. The van der Waals surface area contributed by atoms with Crippen molar-refractivity contribution in [1.82, 2.24) is 0 Å². The molecule has 17 nitrogen and oxygen atoms in total. The summed E-state index contributed by atoms with van der Waals surface area (Å²) in [6, 6.07) is 0. The van der Waals surface area contributed by atoms with Gasteiger partial charge in [-0.1, -0.05) is 331 Å². The van der Waals surface area contributed by atoms with Crippen molar-refractivity contribution in [1.29, 1.82) is 0 Å². The summed E-state index contributed by atoms with van der Waals surface area (Å²) in [6.07, 6.45) is 51.2. The van der Waals surface area contributed by atoms with E-state index in [-0.39, 0.29) is 25.7 Å². The second-order valence-corrected chi connectivity index (χ2v) is 30.9. The Morgan fingerprint density at radius 3 is 0.809 bits per heavy atom. The fourth-order valence-electron chi connectivity index (χ4n) is 11.4. The molecule has 0 aromatic rings. The molecule has 0 heterocycles. The molecule has 0 saturated heterocycles. The molecule has 0 aliphatic rings. The smallest absolute Gasteiger partial charge is 0.462 e. The van der Waals surface area contributed by atoms with Gasteiger partial charge in [0, 0.05) is 25.7 Å². The minimum atomic E-state index is -4.96. The highest BCUT2D eigenvalue weighted by Crippen LogP contribution is 2.45. The Balaban J connectivity index is 5.23. The Morgan fingerprint density at radius 1 is 0.309 bits per heavy atom. The van der Waals surface area contributed by atoms with Crippen molar-refractivity contribution in [2.75, 3.05) is 39.6 Å². The number of hydrogen-bond acceptors (Lipinski definition) is 15. The number of esters is 4. The van der Waals surface area contributed by atoms with Gasteiger partial charge in [0.15, 0.2) is 12.2 Å². The van der Waals surface area contributed by atoms with Gasteiger partial charge in [0.25, 0.3) is 0 Å². The summed E-state index contributed by atoms with van der Waals surface area (Å²) in [7, 11) is -9.91. The maximum atomic E-state index is 13.1. The Labute approximate surface area is 575 Å². The van der Waals surface area contributed by atoms with Crippen LogP contribution in [0.3, 0.4) is 0 Å². The molecule has 19 heteroatoms. The molecule has 0 amide bonds. The molecule has 0 aliphatic heterocycles.